The van der Waals surface area contributed by atoms with Gasteiger partial charge in [-0.1, -0.05) is 41.0 Å². The Morgan fingerprint density at radius 2 is 1.54 bits per heavy atom. The highest BCUT2D eigenvalue weighted by Gasteiger charge is 2.39. The Labute approximate surface area is 272 Å². The Kier molecular flexibility index (Phi) is 13.8. The van der Waals surface area contributed by atoms with Crippen LogP contribution in [0.4, 0.5) is 0 Å². The first-order chi connectivity index (χ1) is 21.3. The van der Waals surface area contributed by atoms with Crippen molar-refractivity contribution in [3.63, 3.8) is 0 Å². The number of fused-ring (bicyclic) bond motifs is 1. The molecule has 0 aliphatic heterocycles. The molecule has 9 heteroatoms. The first kappa shape index (κ1) is 38.7. The summed E-state index contributed by atoms with van der Waals surface area (Å²) in [7, 11) is 0. The van der Waals surface area contributed by atoms with Gasteiger partial charge in [-0.15, -0.1) is 0 Å². The SMILES string of the molecule is CC1=CC(O)=C(C(=O)C(C)(O)C/C=C(\C)CC/C=C(\C)CC/C=C(\CO)CCC(O)C(C)(C)O)C2=CC1C(O)=C(C)C(O)=C2C=O. The van der Waals surface area contributed by atoms with E-state index in [2.05, 4.69) is 6.08 Å². The number of rotatable bonds is 16. The Bertz CT molecular complexity index is 1420. The van der Waals surface area contributed by atoms with E-state index >= 15 is 0 Å². The zero-order valence-electron chi connectivity index (χ0n) is 28.2. The number of allylic oxidation sites excluding steroid dienone is 9. The third-order valence-electron chi connectivity index (χ3n) is 8.74. The molecule has 254 valence electrons. The maximum atomic E-state index is 13.7. The quantitative estimate of drug-likeness (QED) is 0.0770. The summed E-state index contributed by atoms with van der Waals surface area (Å²) in [6, 6.07) is 0. The molecule has 2 rings (SSSR count). The summed E-state index contributed by atoms with van der Waals surface area (Å²) in [4.78, 5) is 25.8. The van der Waals surface area contributed by atoms with Crippen LogP contribution in [0.3, 0.4) is 0 Å². The molecule has 2 bridgehead atoms. The van der Waals surface area contributed by atoms with Gasteiger partial charge in [0.1, 0.15) is 22.9 Å². The van der Waals surface area contributed by atoms with E-state index < -0.39 is 40.5 Å². The molecule has 0 radical (unpaired) electrons. The molecule has 2 aliphatic carbocycles. The van der Waals surface area contributed by atoms with Crippen molar-refractivity contribution in [2.75, 3.05) is 6.61 Å². The van der Waals surface area contributed by atoms with E-state index in [1.807, 2.05) is 19.9 Å². The maximum absolute atomic E-state index is 13.7. The standard InChI is InChI=1S/C37H52O9/c1-22(12-9-13-26(20-38)14-15-31(41)36(5,6)45)10-8-11-23(2)16-17-37(7,46)35(44)32-28-19-27(24(3)18-30(32)40)33(42)25(4)34(43)29(28)21-39/h10,13,16,18-19,21,27,31,38,40-43,45-46H,8-9,11-12,14-15,17,20H2,1-7H3/b22-10+,23-16+,26-13-. The van der Waals surface area contributed by atoms with Crippen molar-refractivity contribution in [2.24, 2.45) is 5.92 Å². The Balaban J connectivity index is 2.07. The van der Waals surface area contributed by atoms with Gasteiger partial charge < -0.3 is 35.7 Å². The van der Waals surface area contributed by atoms with Crippen LogP contribution in [-0.4, -0.2) is 71.7 Å². The molecule has 7 N–H and O–H groups in total. The fourth-order valence-electron chi connectivity index (χ4n) is 5.37. The second kappa shape index (κ2) is 16.4. The Morgan fingerprint density at radius 1 is 0.957 bits per heavy atom. The third-order valence-corrected chi connectivity index (χ3v) is 8.74. The van der Waals surface area contributed by atoms with Crippen LogP contribution in [0, 0.1) is 5.92 Å². The van der Waals surface area contributed by atoms with Crippen LogP contribution in [-0.2, 0) is 9.59 Å². The van der Waals surface area contributed by atoms with E-state index in [1.165, 1.54) is 31.6 Å². The van der Waals surface area contributed by atoms with Crippen LogP contribution in [0.2, 0.25) is 0 Å². The molecule has 0 saturated heterocycles. The van der Waals surface area contributed by atoms with E-state index in [4.69, 9.17) is 0 Å². The van der Waals surface area contributed by atoms with Gasteiger partial charge in [0.15, 0.2) is 12.1 Å². The second-order valence-corrected chi connectivity index (χ2v) is 13.3. The molecule has 3 atom stereocenters. The van der Waals surface area contributed by atoms with Crippen molar-refractivity contribution < 1.29 is 45.3 Å². The van der Waals surface area contributed by atoms with Gasteiger partial charge >= 0.3 is 0 Å². The van der Waals surface area contributed by atoms with Crippen LogP contribution < -0.4 is 0 Å². The summed E-state index contributed by atoms with van der Waals surface area (Å²) in [5.74, 6) is -2.78. The molecule has 0 aromatic rings. The molecule has 2 aliphatic rings. The van der Waals surface area contributed by atoms with E-state index in [0.717, 1.165) is 30.4 Å². The van der Waals surface area contributed by atoms with Gasteiger partial charge in [0.05, 0.1) is 35.4 Å². The first-order valence-electron chi connectivity index (χ1n) is 15.8. The third kappa shape index (κ3) is 10.00. The van der Waals surface area contributed by atoms with Gasteiger partial charge in [-0.2, -0.15) is 0 Å². The van der Waals surface area contributed by atoms with Crippen molar-refractivity contribution in [1.29, 1.82) is 0 Å². The highest BCUT2D eigenvalue weighted by atomic mass is 16.3. The molecule has 0 amide bonds. The lowest BCUT2D eigenvalue weighted by Crippen LogP contribution is -2.37. The fraction of sp³-hybridized carbons (Fsp3) is 0.514. The van der Waals surface area contributed by atoms with Crippen LogP contribution in [0.1, 0.15) is 93.4 Å². The highest BCUT2D eigenvalue weighted by molar-refractivity contribution is 6.09. The molecule has 46 heavy (non-hydrogen) atoms. The number of carbonyl (C=O) groups is 2. The minimum Gasteiger partial charge on any atom is -0.511 e. The Hall–Kier alpha value is -3.50. The van der Waals surface area contributed by atoms with E-state index in [1.54, 1.807) is 26.8 Å². The predicted octanol–water partition coefficient (Wildman–Crippen LogP) is 6.15. The number of ketones is 1. The van der Waals surface area contributed by atoms with Crippen molar-refractivity contribution in [3.8, 4) is 0 Å². The summed E-state index contributed by atoms with van der Waals surface area (Å²) in [6.07, 6.45) is 11.9. The van der Waals surface area contributed by atoms with Gasteiger partial charge in [0.2, 0.25) is 0 Å². The van der Waals surface area contributed by atoms with Gasteiger partial charge in [-0.05, 0) is 98.6 Å². The van der Waals surface area contributed by atoms with Crippen LogP contribution >= 0.6 is 0 Å². The molecule has 9 nitrogen and oxygen atoms in total. The number of carbonyl (C=O) groups excluding carboxylic acids is 2. The summed E-state index contributed by atoms with van der Waals surface area (Å²) < 4.78 is 0. The van der Waals surface area contributed by atoms with E-state index in [9.17, 15) is 45.3 Å². The Morgan fingerprint density at radius 3 is 2.11 bits per heavy atom. The fourth-order valence-corrected chi connectivity index (χ4v) is 5.37. The number of aliphatic hydroxyl groups excluding tert-OH is 5. The lowest BCUT2D eigenvalue weighted by atomic mass is 9.83. The highest BCUT2D eigenvalue weighted by Crippen LogP contribution is 2.40. The first-order valence-corrected chi connectivity index (χ1v) is 15.8. The van der Waals surface area contributed by atoms with Crippen molar-refractivity contribution in [2.45, 2.75) is 111 Å². The number of hydrogen-bond acceptors (Lipinski definition) is 9. The zero-order valence-corrected chi connectivity index (χ0v) is 28.2. The van der Waals surface area contributed by atoms with Crippen LogP contribution in [0.15, 0.2) is 92.2 Å². The van der Waals surface area contributed by atoms with Crippen LogP contribution in [0.25, 0.3) is 0 Å². The minimum absolute atomic E-state index is 0.0502. The monoisotopic (exact) mass is 640 g/mol. The lowest BCUT2D eigenvalue weighted by molar-refractivity contribution is -0.131. The number of aliphatic hydroxyl groups is 7. The summed E-state index contributed by atoms with van der Waals surface area (Å²) in [5, 5.41) is 73.1. The van der Waals surface area contributed by atoms with Crippen molar-refractivity contribution >= 4 is 12.1 Å². The molecule has 0 spiro atoms. The summed E-state index contributed by atoms with van der Waals surface area (Å²) in [6.45, 7) is 11.4. The second-order valence-electron chi connectivity index (χ2n) is 13.3. The molecule has 0 fully saturated rings. The van der Waals surface area contributed by atoms with E-state index in [-0.39, 0.29) is 41.1 Å². The average Bonchev–Trinajstić information content (AvgIpc) is 3.16. The minimum atomic E-state index is -1.95. The van der Waals surface area contributed by atoms with Gasteiger partial charge in [-0.3, -0.25) is 9.59 Å². The van der Waals surface area contributed by atoms with E-state index in [0.29, 0.717) is 31.1 Å². The normalized spacial score (nSPS) is 20.6. The van der Waals surface area contributed by atoms with Gasteiger partial charge in [0.25, 0.3) is 0 Å². The van der Waals surface area contributed by atoms with Crippen molar-refractivity contribution in [3.05, 3.63) is 92.2 Å². The number of aldehydes is 1. The molecular weight excluding hydrogens is 588 g/mol. The lowest BCUT2D eigenvalue weighted by Gasteiger charge is -2.24. The number of hydrogen-bond donors (Lipinski definition) is 7. The molecular formula is C37H52O9. The largest absolute Gasteiger partial charge is 0.511 e. The predicted molar refractivity (Wildman–Crippen MR) is 179 cm³/mol. The van der Waals surface area contributed by atoms with Crippen molar-refractivity contribution in [1.82, 2.24) is 0 Å². The topological polar surface area (TPSA) is 176 Å². The molecule has 0 aromatic heterocycles. The zero-order chi connectivity index (χ0) is 35.0. The summed E-state index contributed by atoms with van der Waals surface area (Å²) in [5.41, 5.74) is -0.236. The molecule has 0 heterocycles. The van der Waals surface area contributed by atoms with Gasteiger partial charge in [-0.25, -0.2) is 0 Å². The maximum Gasteiger partial charge on any atom is 0.198 e. The molecule has 0 aromatic carbocycles. The average molecular weight is 641 g/mol. The molecule has 0 saturated carbocycles. The van der Waals surface area contributed by atoms with Crippen LogP contribution in [0.5, 0.6) is 0 Å². The summed E-state index contributed by atoms with van der Waals surface area (Å²) >= 11 is 0. The smallest absolute Gasteiger partial charge is 0.198 e. The molecule has 3 unspecified atom stereocenters. The number of Topliss-reactive ketones (excluding diaryl/α,β-unsaturated/α-hetero) is 1. The van der Waals surface area contributed by atoms with Gasteiger partial charge in [0, 0.05) is 17.6 Å².